The van der Waals surface area contributed by atoms with Crippen molar-refractivity contribution in [3.05, 3.63) is 196 Å². The maximum absolute atomic E-state index is 13.0. The molecule has 0 aromatic heterocycles. The van der Waals surface area contributed by atoms with Gasteiger partial charge in [0.15, 0.2) is 11.4 Å². The highest BCUT2D eigenvalue weighted by Gasteiger charge is 2.47. The fourth-order valence-electron chi connectivity index (χ4n) is 17.1. The molecule has 0 saturated carbocycles. The topological polar surface area (TPSA) is 87.9 Å². The summed E-state index contributed by atoms with van der Waals surface area (Å²) < 4.78 is 5.10. The number of hydrogen-bond acceptors (Lipinski definition) is 5. The zero-order valence-corrected chi connectivity index (χ0v) is 82.7. The van der Waals surface area contributed by atoms with Gasteiger partial charge >= 0.3 is 0 Å². The molecule has 9 rings (SSSR count). The molecule has 8 heteroatoms. The van der Waals surface area contributed by atoms with Crippen LogP contribution >= 0.6 is 0 Å². The molecule has 5 aromatic rings. The number of phenols is 1. The van der Waals surface area contributed by atoms with Crippen LogP contribution in [0.15, 0.2) is 157 Å². The van der Waals surface area contributed by atoms with E-state index in [2.05, 4.69) is 452 Å². The Morgan fingerprint density at radius 3 is 1.00 bits per heavy atom. The third-order valence-electron chi connectivity index (χ3n) is 24.3. The summed E-state index contributed by atoms with van der Waals surface area (Å²) in [5, 5.41) is 12.8. The Morgan fingerprint density at radius 1 is 0.365 bits per heavy atom. The number of carbonyl (C=O) groups is 1. The Labute approximate surface area is 883 Å². The summed E-state index contributed by atoms with van der Waals surface area (Å²) in [5.41, 5.74) is 23.4. The quantitative estimate of drug-likeness (QED) is 0.0208. The first-order valence-corrected chi connectivity index (χ1v) is 48.5. The van der Waals surface area contributed by atoms with Crippen LogP contribution in [0.4, 0.5) is 22.7 Å². The molecule has 4 N–H and O–H groups in total. The van der Waals surface area contributed by atoms with E-state index in [4.69, 9.17) is 5.73 Å². The fourth-order valence-corrected chi connectivity index (χ4v) is 17.1. The number of aromatic hydroxyl groups is 1. The molecule has 8 nitrogen and oxygen atoms in total. The summed E-state index contributed by atoms with van der Waals surface area (Å²) in [6, 6.07) is 37.7. The Bertz CT molecular complexity index is 6900. The van der Waals surface area contributed by atoms with Crippen molar-refractivity contribution in [2.75, 3.05) is 36.0 Å². The van der Waals surface area contributed by atoms with Crippen molar-refractivity contribution in [2.45, 2.75) is 285 Å². The van der Waals surface area contributed by atoms with E-state index in [9.17, 15) is 9.90 Å². The predicted molar refractivity (Wildman–Crippen MR) is 656 cm³/mol. The molecule has 5 aromatic carbocycles. The number of hydrogen-bond donors (Lipinski definition) is 3. The van der Waals surface area contributed by atoms with Gasteiger partial charge in [-0.15, -0.1) is 0 Å². The summed E-state index contributed by atoms with van der Waals surface area (Å²) >= 11 is 0. The molecule has 0 saturated heterocycles. The molecular weight excluding hydrogens is 1670 g/mol. The highest BCUT2D eigenvalue weighted by Crippen LogP contribution is 2.50. The van der Waals surface area contributed by atoms with Crippen LogP contribution in [0.1, 0.15) is 340 Å². The normalized spacial score (nSPS) is 13.2. The van der Waals surface area contributed by atoms with Gasteiger partial charge in [-0.1, -0.05) is 266 Å². The van der Waals surface area contributed by atoms with Crippen molar-refractivity contribution in [3.8, 4) is 243 Å². The fraction of sp³-hybridized carbons (Fsp3) is 0.372. The number of aryl methyl sites for hydroxylation is 1. The van der Waals surface area contributed by atoms with Crippen LogP contribution < -0.4 is 20.9 Å². The zero-order valence-electron chi connectivity index (χ0n) is 82.7. The molecule has 0 radical (unpaired) electrons. The van der Waals surface area contributed by atoms with E-state index in [-0.39, 0.29) is 90.4 Å². The number of allylic oxidation sites excluding steroid dienone is 8. The first kappa shape index (κ1) is 107. The van der Waals surface area contributed by atoms with E-state index in [0.29, 0.717) is 39.0 Å². The number of unbranched alkanes of at least 4 members (excludes halogenated alkanes) is 22. The lowest BCUT2D eigenvalue weighted by Crippen LogP contribution is -2.28. The van der Waals surface area contributed by atoms with E-state index < -0.39 is 0 Å². The number of amides is 1. The lowest BCUT2D eigenvalue weighted by atomic mass is 9.80. The molecule has 4 aliphatic rings. The van der Waals surface area contributed by atoms with Gasteiger partial charge < -0.3 is 26.0 Å². The number of phenolic OH excluding ortho intramolecular Hbond substituents is 1. The summed E-state index contributed by atoms with van der Waals surface area (Å²) in [4.78, 5) is 17.6. The highest BCUT2D eigenvalue weighted by molar-refractivity contribution is 6.04. The number of rotatable bonds is 38. The van der Waals surface area contributed by atoms with Crippen LogP contribution in [0.3, 0.4) is 0 Å². The number of nitrogens with zero attached hydrogens (tertiary/aromatic N) is 4. The molecule has 0 atom stereocenters. The van der Waals surface area contributed by atoms with Gasteiger partial charge in [0, 0.05) is 182 Å². The van der Waals surface area contributed by atoms with Gasteiger partial charge in [-0.25, -0.2) is 0 Å². The standard InChI is InChI=1S/C69H67N3O2.C60H60N3.40H2/c1-7-9-11-13-15-17-19-21-22-23-24-25-26-27-28-30-32-33-35-39-54-71-63-43-38-37-42-61(63)68(3,4)65(71)44-41-45-66-69(5,6)62-56-59(57-70-67(74)53-49-58-46-50-60(73)51-47-58)48-52-64(62)72(66)55-40-36-34-31-29-20-18-16-14-12-10-8-2;1-7-9-11-13-15-17-19-21-22-23-24-25-26-27-28-30-32-33-35-39-48-62-55-43-38-37-42-53(55)59(3,4)57(62)44-41-45-58-60(5,6)54-50-52(51-61)46-47-56(54)63(58)49-40-36-34-31-29-20-18-16-14-12-10-8-2;;;;;;;;;;;;;;;;;;;;;;;;;;;;;;;;;;;;;;;;/h37-38,41-48,50-52,56H,8,10,12,14,16,18,20,29,31,34,36,40,49,53-55,57H2,1-6H3,(H-,70,73,74);37-38,41-47,50H,8,10,12,14,16,18,20,29,31,34,36,40,48-49,51,61H2,1-6H3;40*1H/q;+1;;;;;;;;;;;;;;;;;;;;;;;;;;;;;;;;;;;;;;;;/p+1. The van der Waals surface area contributed by atoms with Crippen LogP contribution in [-0.4, -0.2) is 57.8 Å². The van der Waals surface area contributed by atoms with Crippen LogP contribution in [0, 0.1) is 237 Å². The van der Waals surface area contributed by atoms with Gasteiger partial charge in [-0.05, 0) is 327 Å². The lowest BCUT2D eigenvalue weighted by molar-refractivity contribution is -0.438. The smallest absolute Gasteiger partial charge is 0.220 e. The number of nitrogens with two attached hydrogens (primary N) is 1. The summed E-state index contributed by atoms with van der Waals surface area (Å²) in [6.45, 7) is 30.4. The summed E-state index contributed by atoms with van der Waals surface area (Å²) in [7, 11) is 0. The average Bonchev–Trinajstić information content (AvgIpc) is 1.59. The number of para-hydroxylation sites is 2. The highest BCUT2D eigenvalue weighted by atomic mass is 16.3. The van der Waals surface area contributed by atoms with Gasteiger partial charge in [-0.3, -0.25) is 4.79 Å². The van der Waals surface area contributed by atoms with E-state index in [1.54, 1.807) is 26.0 Å². The largest absolute Gasteiger partial charge is 0.508 e. The van der Waals surface area contributed by atoms with Crippen LogP contribution in [0.25, 0.3) is 0 Å². The Morgan fingerprint density at radius 2 is 0.664 bits per heavy atom. The first-order chi connectivity index (χ1) is 66.8. The molecule has 4 heterocycles. The molecule has 0 spiro atoms. The van der Waals surface area contributed by atoms with Gasteiger partial charge in [0.25, 0.3) is 0 Å². The average molecular weight is 1880 g/mol. The number of fused-ring (bicyclic) bond motifs is 4. The number of benzene rings is 5. The van der Waals surface area contributed by atoms with E-state index in [1.165, 1.54) is 210 Å². The molecule has 137 heavy (non-hydrogen) atoms. The third kappa shape index (κ3) is 35.4. The minimum Gasteiger partial charge on any atom is -0.508 e. The Hall–Kier alpha value is -15.6. The van der Waals surface area contributed by atoms with Crippen molar-refractivity contribution in [1.29, 1.82) is 0 Å². The zero-order chi connectivity index (χ0) is 97.7. The number of anilines is 2. The third-order valence-corrected chi connectivity index (χ3v) is 24.3. The van der Waals surface area contributed by atoms with Crippen LogP contribution in [-0.2, 0) is 46.0 Å². The maximum atomic E-state index is 13.0. The van der Waals surface area contributed by atoms with E-state index in [1.807, 2.05) is 12.1 Å². The molecular formula is C129H208N6O2+2. The minimum absolute atomic E-state index is 0. The van der Waals surface area contributed by atoms with Crippen molar-refractivity contribution >= 4 is 40.1 Å². The lowest BCUT2D eigenvalue weighted by Gasteiger charge is -2.25. The van der Waals surface area contributed by atoms with Gasteiger partial charge in [0.2, 0.25) is 17.3 Å². The Balaban J connectivity index is -0.0000000621. The van der Waals surface area contributed by atoms with E-state index >= 15 is 0 Å². The molecule has 0 bridgehead atoms. The monoisotopic (exact) mass is 1870 g/mol. The molecule has 764 valence electrons. The number of nitrogens with one attached hydrogen (secondary N) is 1. The summed E-state index contributed by atoms with van der Waals surface area (Å²) in [6.07, 6.45) is 46.5. The van der Waals surface area contributed by atoms with Crippen molar-refractivity contribution < 1.29 is 76.1 Å². The molecule has 0 fully saturated rings. The predicted octanol–water partition coefficient (Wildman–Crippen LogP) is 32.4. The van der Waals surface area contributed by atoms with Crippen LogP contribution in [0.2, 0.25) is 0 Å². The van der Waals surface area contributed by atoms with Crippen molar-refractivity contribution in [1.82, 2.24) is 5.32 Å². The molecule has 1 amide bonds. The second-order valence-corrected chi connectivity index (χ2v) is 35.6. The van der Waals surface area contributed by atoms with Gasteiger partial charge in [0.05, 0.1) is 23.9 Å². The SMILES string of the molecule is CC#CC#CC#CC#CC#CC#CC#CC#CC#CC#CCN1/C(=C/C=C/C2=[N+](CCCCCCCCCCCCCC)c3ccc(CN)cc3C2(C)C)C(C)(C)c2ccccc21.CC#CC#CC#CC#CC#CC#CC#CC#CC#CC#CCN1/C(=C/C=C/C2=[N+](CCCCCCCCCCCCCC)c3ccc(CNC(=O)CCc4ccc(O)cc4)cc3C2(C)C)C(C)(C)c2ccccc21.[HH].[HH].[HH].[HH].[HH].[HH].[HH].[HH].[HH].[HH].[HH].[HH].[HH].[HH].[HH].[HH].[HH].[HH].[HH].[HH].[HH].[HH].[HH].[HH].[HH].[HH].[HH].[HH].[HH].[HH].[HH].[HH].[HH].[HH].[HH].[HH].[HH].[HH].[HH].[HH]. The number of carbonyl (C=O) groups excluding carboxylic acids is 1. The summed E-state index contributed by atoms with van der Waals surface area (Å²) in [5.74, 6) is 107. The molecule has 0 aliphatic carbocycles. The van der Waals surface area contributed by atoms with Crippen LogP contribution in [0.5, 0.6) is 5.75 Å². The second-order valence-electron chi connectivity index (χ2n) is 35.6. The minimum atomic E-state index is -0.276. The first-order valence-electron chi connectivity index (χ1n) is 48.5. The van der Waals surface area contributed by atoms with Crippen molar-refractivity contribution in [2.24, 2.45) is 5.73 Å². The maximum Gasteiger partial charge on any atom is 0.220 e. The second kappa shape index (κ2) is 60.6. The molecule has 0 unspecified atom stereocenters. The van der Waals surface area contributed by atoms with Gasteiger partial charge in [0.1, 0.15) is 18.8 Å². The molecule has 4 aliphatic heterocycles. The Kier molecular flexibility index (Phi) is 47.2. The van der Waals surface area contributed by atoms with Crippen molar-refractivity contribution in [3.63, 3.8) is 0 Å². The van der Waals surface area contributed by atoms with E-state index in [0.717, 1.165) is 42.0 Å². The van der Waals surface area contributed by atoms with Gasteiger partial charge in [-0.2, -0.15) is 9.15 Å².